The zero-order valence-electron chi connectivity index (χ0n) is 8.55. The SMILES string of the molecule is Cc1ncoc1C(=O)NCC1(CBr)CC1. The third kappa shape index (κ3) is 2.22. The molecule has 1 aromatic heterocycles. The maximum absolute atomic E-state index is 11.7. The van der Waals surface area contributed by atoms with E-state index in [1.54, 1.807) is 6.92 Å². The molecule has 0 saturated heterocycles. The van der Waals surface area contributed by atoms with E-state index in [-0.39, 0.29) is 11.3 Å². The van der Waals surface area contributed by atoms with Gasteiger partial charge in [-0.1, -0.05) is 15.9 Å². The van der Waals surface area contributed by atoms with Crippen molar-refractivity contribution in [3.8, 4) is 0 Å². The van der Waals surface area contributed by atoms with Crippen molar-refractivity contribution in [3.63, 3.8) is 0 Å². The normalized spacial score (nSPS) is 17.5. The van der Waals surface area contributed by atoms with Crippen molar-refractivity contribution in [2.24, 2.45) is 5.41 Å². The Hall–Kier alpha value is -0.840. The lowest BCUT2D eigenvalue weighted by atomic mass is 10.1. The predicted molar refractivity (Wildman–Crippen MR) is 59.0 cm³/mol. The van der Waals surface area contributed by atoms with Crippen LogP contribution in [0, 0.1) is 12.3 Å². The van der Waals surface area contributed by atoms with E-state index in [1.807, 2.05) is 0 Å². The lowest BCUT2D eigenvalue weighted by Gasteiger charge is -2.11. The van der Waals surface area contributed by atoms with Crippen molar-refractivity contribution in [1.29, 1.82) is 0 Å². The molecule has 0 radical (unpaired) electrons. The van der Waals surface area contributed by atoms with Crippen LogP contribution >= 0.6 is 15.9 Å². The van der Waals surface area contributed by atoms with Crippen molar-refractivity contribution >= 4 is 21.8 Å². The highest BCUT2D eigenvalue weighted by molar-refractivity contribution is 9.09. The first-order valence-electron chi connectivity index (χ1n) is 4.91. The minimum Gasteiger partial charge on any atom is -0.438 e. The molecular formula is C10H13BrN2O2. The van der Waals surface area contributed by atoms with Crippen LogP contribution in [0.1, 0.15) is 29.1 Å². The van der Waals surface area contributed by atoms with Crippen molar-refractivity contribution in [1.82, 2.24) is 10.3 Å². The van der Waals surface area contributed by atoms with Gasteiger partial charge in [0.2, 0.25) is 5.76 Å². The second kappa shape index (κ2) is 3.96. The van der Waals surface area contributed by atoms with Crippen LogP contribution in [-0.2, 0) is 0 Å². The predicted octanol–water partition coefficient (Wildman–Crippen LogP) is 1.89. The summed E-state index contributed by atoms with van der Waals surface area (Å²) in [5.41, 5.74) is 0.917. The van der Waals surface area contributed by atoms with E-state index in [0.717, 1.165) is 5.33 Å². The molecule has 0 bridgehead atoms. The number of aryl methyl sites for hydroxylation is 1. The van der Waals surface area contributed by atoms with Crippen LogP contribution in [0.4, 0.5) is 0 Å². The molecule has 82 valence electrons. The molecule has 4 nitrogen and oxygen atoms in total. The van der Waals surface area contributed by atoms with E-state index in [1.165, 1.54) is 19.2 Å². The van der Waals surface area contributed by atoms with Gasteiger partial charge < -0.3 is 9.73 Å². The highest BCUT2D eigenvalue weighted by Gasteiger charge is 2.41. The molecule has 1 amide bonds. The van der Waals surface area contributed by atoms with Gasteiger partial charge in [0.15, 0.2) is 6.39 Å². The number of aromatic nitrogens is 1. The molecule has 1 fully saturated rings. The first-order chi connectivity index (χ1) is 7.17. The first kappa shape index (κ1) is 10.7. The fourth-order valence-corrected chi connectivity index (χ4v) is 2.16. The topological polar surface area (TPSA) is 55.1 Å². The Balaban J connectivity index is 1.91. The Bertz CT molecular complexity index is 371. The summed E-state index contributed by atoms with van der Waals surface area (Å²) in [6.07, 6.45) is 3.64. The standard InChI is InChI=1S/C10H13BrN2O2/c1-7-8(15-6-13-7)9(14)12-5-10(4-11)2-3-10/h6H,2-5H2,1H3,(H,12,14). The van der Waals surface area contributed by atoms with Gasteiger partial charge in [0.05, 0.1) is 5.69 Å². The van der Waals surface area contributed by atoms with Crippen LogP contribution in [0.15, 0.2) is 10.8 Å². The van der Waals surface area contributed by atoms with Gasteiger partial charge in [-0.25, -0.2) is 4.98 Å². The summed E-state index contributed by atoms with van der Waals surface area (Å²) in [6.45, 7) is 2.47. The Morgan fingerprint density at radius 1 is 1.73 bits per heavy atom. The van der Waals surface area contributed by atoms with Crippen LogP contribution < -0.4 is 5.32 Å². The zero-order valence-corrected chi connectivity index (χ0v) is 10.1. The first-order valence-corrected chi connectivity index (χ1v) is 6.03. The quantitative estimate of drug-likeness (QED) is 0.852. The molecule has 1 heterocycles. The molecule has 1 N–H and O–H groups in total. The number of hydrogen-bond acceptors (Lipinski definition) is 3. The number of alkyl halides is 1. The second-order valence-electron chi connectivity index (χ2n) is 4.08. The molecule has 1 aliphatic rings. The van der Waals surface area contributed by atoms with E-state index in [4.69, 9.17) is 4.42 Å². The van der Waals surface area contributed by atoms with Gasteiger partial charge in [0, 0.05) is 11.9 Å². The highest BCUT2D eigenvalue weighted by Crippen LogP contribution is 2.46. The highest BCUT2D eigenvalue weighted by atomic mass is 79.9. The lowest BCUT2D eigenvalue weighted by molar-refractivity contribution is 0.0918. The van der Waals surface area contributed by atoms with Crippen molar-refractivity contribution in [2.75, 3.05) is 11.9 Å². The summed E-state index contributed by atoms with van der Waals surface area (Å²) in [5.74, 6) is 0.151. The van der Waals surface area contributed by atoms with Gasteiger partial charge in [-0.15, -0.1) is 0 Å². The molecule has 1 aromatic rings. The molecule has 2 rings (SSSR count). The van der Waals surface area contributed by atoms with Gasteiger partial charge in [0.25, 0.3) is 5.91 Å². The molecular weight excluding hydrogens is 260 g/mol. The van der Waals surface area contributed by atoms with Gasteiger partial charge in [-0.3, -0.25) is 4.79 Å². The fraction of sp³-hybridized carbons (Fsp3) is 0.600. The summed E-state index contributed by atoms with van der Waals surface area (Å²) >= 11 is 3.46. The number of nitrogens with zero attached hydrogens (tertiary/aromatic N) is 1. The third-order valence-electron chi connectivity index (χ3n) is 2.82. The number of rotatable bonds is 4. The summed E-state index contributed by atoms with van der Waals surface area (Å²) < 4.78 is 5.01. The minimum atomic E-state index is -0.169. The van der Waals surface area contributed by atoms with E-state index in [0.29, 0.717) is 18.0 Å². The molecule has 0 spiro atoms. The number of carbonyl (C=O) groups excluding carboxylic acids is 1. The second-order valence-corrected chi connectivity index (χ2v) is 4.64. The average molecular weight is 273 g/mol. The zero-order chi connectivity index (χ0) is 10.9. The molecule has 1 saturated carbocycles. The lowest BCUT2D eigenvalue weighted by Crippen LogP contribution is -2.31. The van der Waals surface area contributed by atoms with Crippen molar-refractivity contribution in [3.05, 3.63) is 17.8 Å². The van der Waals surface area contributed by atoms with Crippen LogP contribution in [0.3, 0.4) is 0 Å². The van der Waals surface area contributed by atoms with E-state index in [2.05, 4.69) is 26.2 Å². The number of halogens is 1. The van der Waals surface area contributed by atoms with Crippen LogP contribution in [0.2, 0.25) is 0 Å². The van der Waals surface area contributed by atoms with Gasteiger partial charge in [0.1, 0.15) is 0 Å². The molecule has 0 atom stereocenters. The molecule has 15 heavy (non-hydrogen) atoms. The minimum absolute atomic E-state index is 0.169. The number of carbonyl (C=O) groups is 1. The average Bonchev–Trinajstić information content (AvgIpc) is 2.91. The largest absolute Gasteiger partial charge is 0.438 e. The molecule has 0 aliphatic heterocycles. The molecule has 0 unspecified atom stereocenters. The summed E-state index contributed by atoms with van der Waals surface area (Å²) in [7, 11) is 0. The Labute approximate surface area is 96.6 Å². The van der Waals surface area contributed by atoms with Gasteiger partial charge in [-0.2, -0.15) is 0 Å². The number of nitrogens with one attached hydrogen (secondary N) is 1. The maximum Gasteiger partial charge on any atom is 0.289 e. The van der Waals surface area contributed by atoms with Gasteiger partial charge >= 0.3 is 0 Å². The van der Waals surface area contributed by atoms with Crippen molar-refractivity contribution in [2.45, 2.75) is 19.8 Å². The third-order valence-corrected chi connectivity index (χ3v) is 4.01. The summed E-state index contributed by atoms with van der Waals surface area (Å²) in [4.78, 5) is 15.5. The number of hydrogen-bond donors (Lipinski definition) is 1. The Morgan fingerprint density at radius 3 is 2.93 bits per heavy atom. The van der Waals surface area contributed by atoms with Crippen LogP contribution in [0.25, 0.3) is 0 Å². The van der Waals surface area contributed by atoms with E-state index in [9.17, 15) is 4.79 Å². The Kier molecular flexibility index (Phi) is 2.82. The van der Waals surface area contributed by atoms with Crippen molar-refractivity contribution < 1.29 is 9.21 Å². The molecule has 5 heteroatoms. The monoisotopic (exact) mass is 272 g/mol. The van der Waals surface area contributed by atoms with E-state index < -0.39 is 0 Å². The summed E-state index contributed by atoms with van der Waals surface area (Å²) in [6, 6.07) is 0. The number of oxazole rings is 1. The van der Waals surface area contributed by atoms with E-state index >= 15 is 0 Å². The fourth-order valence-electron chi connectivity index (χ4n) is 1.40. The summed E-state index contributed by atoms with van der Waals surface area (Å²) in [5, 5.41) is 3.82. The van der Waals surface area contributed by atoms with Crippen LogP contribution in [-0.4, -0.2) is 22.8 Å². The maximum atomic E-state index is 11.7. The Morgan fingerprint density at radius 2 is 2.47 bits per heavy atom. The van der Waals surface area contributed by atoms with Gasteiger partial charge in [-0.05, 0) is 25.2 Å². The molecule has 0 aromatic carbocycles. The van der Waals surface area contributed by atoms with Crippen LogP contribution in [0.5, 0.6) is 0 Å². The molecule has 1 aliphatic carbocycles. The number of amides is 1. The smallest absolute Gasteiger partial charge is 0.289 e.